The molecule has 6 N–H and O–H groups in total. The highest BCUT2D eigenvalue weighted by Crippen LogP contribution is 2.51. The van der Waals surface area contributed by atoms with Gasteiger partial charge in [-0.25, -0.2) is 0 Å². The van der Waals surface area contributed by atoms with E-state index in [-0.39, 0.29) is 36.2 Å². The first-order chi connectivity index (χ1) is 17.7. The summed E-state index contributed by atoms with van der Waals surface area (Å²) in [5, 5.41) is 27.4. The molecule has 6 atom stereocenters. The Morgan fingerprint density at radius 2 is 1.74 bits per heavy atom. The first kappa shape index (κ1) is 27.4. The normalized spacial score (nSPS) is 30.4. The summed E-state index contributed by atoms with van der Waals surface area (Å²) in [6.45, 7) is 3.38. The van der Waals surface area contributed by atoms with Crippen molar-refractivity contribution in [3.05, 3.63) is 23.3 Å². The van der Waals surface area contributed by atoms with Crippen molar-refractivity contribution in [3.63, 3.8) is 0 Å². The van der Waals surface area contributed by atoms with Gasteiger partial charge < -0.3 is 26.6 Å². The van der Waals surface area contributed by atoms with Crippen LogP contribution < -0.4 is 16.4 Å². The maximum atomic E-state index is 13.8. The zero-order chi connectivity index (χ0) is 28.3. The molecule has 4 rings (SSSR count). The highest BCUT2D eigenvalue weighted by molar-refractivity contribution is 6.39. The van der Waals surface area contributed by atoms with E-state index < -0.39 is 64.5 Å². The molecule has 12 heteroatoms. The monoisotopic (exact) mass is 528 g/mol. The second-order valence-corrected chi connectivity index (χ2v) is 10.9. The van der Waals surface area contributed by atoms with Crippen molar-refractivity contribution in [1.82, 2.24) is 10.2 Å². The molecule has 3 aliphatic rings. The lowest BCUT2D eigenvalue weighted by molar-refractivity contribution is -0.183. The van der Waals surface area contributed by atoms with E-state index in [2.05, 4.69) is 10.6 Å². The van der Waals surface area contributed by atoms with Crippen LogP contribution in [0.15, 0.2) is 12.1 Å². The molecule has 204 valence electrons. The molecule has 0 radical (unpaired) electrons. The van der Waals surface area contributed by atoms with E-state index in [0.29, 0.717) is 17.5 Å². The first-order valence-electron chi connectivity index (χ1n) is 12.5. The zero-order valence-corrected chi connectivity index (χ0v) is 21.6. The van der Waals surface area contributed by atoms with Gasteiger partial charge in [0, 0.05) is 17.9 Å². The van der Waals surface area contributed by atoms with Crippen LogP contribution in [-0.4, -0.2) is 82.0 Å². The number of Topliss-reactive ketones (excluding diaryl/α,β-unsaturated/α-hetero) is 3. The van der Waals surface area contributed by atoms with Crippen LogP contribution in [0, 0.1) is 23.7 Å². The number of nitrogens with zero attached hydrogens (tertiary/aromatic N) is 1. The molecule has 0 aliphatic heterocycles. The van der Waals surface area contributed by atoms with Gasteiger partial charge in [0.1, 0.15) is 5.75 Å². The van der Waals surface area contributed by atoms with Crippen molar-refractivity contribution in [1.29, 1.82) is 0 Å². The average Bonchev–Trinajstić information content (AvgIpc) is 2.82. The Morgan fingerprint density at radius 1 is 1.08 bits per heavy atom. The maximum Gasteiger partial charge on any atom is 0.313 e. The third-order valence-electron chi connectivity index (χ3n) is 7.97. The minimum absolute atomic E-state index is 0.0215. The Balaban J connectivity index is 1.68. The van der Waals surface area contributed by atoms with Crippen molar-refractivity contribution < 1.29 is 39.0 Å². The van der Waals surface area contributed by atoms with Crippen LogP contribution in [0.4, 0.5) is 5.69 Å². The van der Waals surface area contributed by atoms with E-state index >= 15 is 0 Å². The fourth-order valence-electron chi connectivity index (χ4n) is 6.30. The molecule has 0 spiro atoms. The van der Waals surface area contributed by atoms with Crippen molar-refractivity contribution in [2.45, 2.75) is 50.8 Å². The molecule has 0 heterocycles. The molecule has 3 aliphatic carbocycles. The number of ketones is 3. The van der Waals surface area contributed by atoms with E-state index in [1.807, 2.05) is 0 Å². The summed E-state index contributed by atoms with van der Waals surface area (Å²) < 4.78 is 0. The lowest BCUT2D eigenvalue weighted by atomic mass is 9.52. The van der Waals surface area contributed by atoms with Gasteiger partial charge in [0.25, 0.3) is 0 Å². The first-order valence-corrected chi connectivity index (χ1v) is 12.5. The Bertz CT molecular complexity index is 1260. The largest absolute Gasteiger partial charge is 0.505 e. The van der Waals surface area contributed by atoms with Crippen molar-refractivity contribution in [2.24, 2.45) is 29.4 Å². The number of nitrogens with two attached hydrogens (primary N) is 1. The number of benzene rings is 1. The molecule has 2 fully saturated rings. The topological polar surface area (TPSA) is 196 Å². The predicted octanol–water partition coefficient (Wildman–Crippen LogP) is -1.31. The summed E-state index contributed by atoms with van der Waals surface area (Å²) in [4.78, 5) is 77.9. The molecule has 12 nitrogen and oxygen atoms in total. The molecule has 5 unspecified atom stereocenters. The van der Waals surface area contributed by atoms with Gasteiger partial charge >= 0.3 is 11.8 Å². The van der Waals surface area contributed by atoms with Crippen molar-refractivity contribution >= 4 is 40.8 Å². The number of likely N-dealkylation sites (N-methyl/N-ethyl adjacent to an activating group) is 1. The average molecular weight is 529 g/mol. The highest BCUT2D eigenvalue weighted by Gasteiger charge is 2.68. The van der Waals surface area contributed by atoms with Gasteiger partial charge in [-0.2, -0.15) is 0 Å². The molecule has 38 heavy (non-hydrogen) atoms. The van der Waals surface area contributed by atoms with E-state index in [1.165, 1.54) is 11.0 Å². The summed E-state index contributed by atoms with van der Waals surface area (Å²) in [5.41, 5.74) is 3.78. The number of primary amides is 1. The zero-order valence-electron chi connectivity index (χ0n) is 21.6. The number of anilines is 1. The second kappa shape index (κ2) is 9.59. The van der Waals surface area contributed by atoms with Gasteiger partial charge in [0.15, 0.2) is 28.9 Å². The molecule has 3 amide bonds. The number of hydrogen-bond acceptors (Lipinski definition) is 9. The number of aromatic hydroxyl groups is 1. The molecule has 0 aromatic heterocycles. The van der Waals surface area contributed by atoms with Gasteiger partial charge in [-0.05, 0) is 70.3 Å². The van der Waals surface area contributed by atoms with Crippen molar-refractivity contribution in [2.75, 3.05) is 19.4 Å². The van der Waals surface area contributed by atoms with Crippen LogP contribution in [0.1, 0.15) is 31.4 Å². The van der Waals surface area contributed by atoms with Crippen LogP contribution in [0.25, 0.3) is 0 Å². The maximum absolute atomic E-state index is 13.8. The van der Waals surface area contributed by atoms with E-state index in [9.17, 15) is 39.0 Å². The third kappa shape index (κ3) is 4.17. The van der Waals surface area contributed by atoms with E-state index in [1.54, 1.807) is 34.0 Å². The minimum atomic E-state index is -2.59. The molecular weight excluding hydrogens is 496 g/mol. The fourth-order valence-corrected chi connectivity index (χ4v) is 6.30. The second-order valence-electron chi connectivity index (χ2n) is 10.9. The Labute approximate surface area is 218 Å². The molecule has 0 saturated heterocycles. The quantitative estimate of drug-likeness (QED) is 0.179. The van der Waals surface area contributed by atoms with E-state index in [4.69, 9.17) is 5.73 Å². The number of phenolic OH excluding ortho intramolecular Hbond substituents is 1. The predicted molar refractivity (Wildman–Crippen MR) is 133 cm³/mol. The van der Waals surface area contributed by atoms with Crippen LogP contribution in [-0.2, 0) is 41.6 Å². The third-order valence-corrected chi connectivity index (χ3v) is 7.97. The molecule has 1 aromatic rings. The Kier molecular flexibility index (Phi) is 6.91. The number of aliphatic hydroxyl groups is 1. The van der Waals surface area contributed by atoms with Gasteiger partial charge in [0.05, 0.1) is 11.7 Å². The fraction of sp³-hybridized carbons (Fsp3) is 0.538. The van der Waals surface area contributed by atoms with Crippen LogP contribution in [0.5, 0.6) is 5.75 Å². The van der Waals surface area contributed by atoms with Gasteiger partial charge in [-0.3, -0.25) is 33.7 Å². The summed E-state index contributed by atoms with van der Waals surface area (Å²) in [6, 6.07) is 1.80. The Morgan fingerprint density at radius 3 is 2.32 bits per heavy atom. The van der Waals surface area contributed by atoms with Gasteiger partial charge in [0.2, 0.25) is 5.91 Å². The molecule has 0 bridgehead atoms. The number of carbonyl (C=O) groups is 6. The SMILES string of the molecule is CC(C)NC(=O)C(=O)Nc1ccc2c(c1O)CC1C(=O)C3(O)C(=O)C(C(N)=O)C(=O)[C@@H](N(C)C)C3CC1C2. The highest BCUT2D eigenvalue weighted by atomic mass is 16.3. The number of phenols is 1. The lowest BCUT2D eigenvalue weighted by Gasteiger charge is -2.53. The van der Waals surface area contributed by atoms with Gasteiger partial charge in [-0.1, -0.05) is 6.07 Å². The molecular formula is C26H32N4O8. The number of fused-ring (bicyclic) bond motifs is 3. The summed E-state index contributed by atoms with van der Waals surface area (Å²) >= 11 is 0. The molecule has 1 aromatic carbocycles. The smallest absolute Gasteiger partial charge is 0.313 e. The van der Waals surface area contributed by atoms with Gasteiger partial charge in [-0.15, -0.1) is 0 Å². The number of hydrogen-bond donors (Lipinski definition) is 5. The summed E-state index contributed by atoms with van der Waals surface area (Å²) in [5.74, 6) is -10.4. The van der Waals surface area contributed by atoms with Crippen molar-refractivity contribution in [3.8, 4) is 5.75 Å². The minimum Gasteiger partial charge on any atom is -0.505 e. The van der Waals surface area contributed by atoms with Crippen LogP contribution in [0.3, 0.4) is 0 Å². The number of carbonyl (C=O) groups excluding carboxylic acids is 6. The summed E-state index contributed by atoms with van der Waals surface area (Å²) in [7, 11) is 3.14. The lowest BCUT2D eigenvalue weighted by Crippen LogP contribution is -2.73. The number of nitrogens with one attached hydrogen (secondary N) is 2. The van der Waals surface area contributed by atoms with Crippen LogP contribution in [0.2, 0.25) is 0 Å². The van der Waals surface area contributed by atoms with E-state index in [0.717, 1.165) is 0 Å². The Hall–Kier alpha value is -3.64. The number of amides is 3. The number of rotatable bonds is 4. The molecule has 2 saturated carbocycles. The van der Waals surface area contributed by atoms with Crippen LogP contribution >= 0.6 is 0 Å². The standard InChI is InChI=1S/C26H32N4O8/c1-10(2)28-24(36)25(37)29-16-6-5-11-7-12-8-15-18(30(3)4)20(32)17(23(27)35)22(34)26(15,38)21(33)14(12)9-13(11)19(16)31/h5-6,10,12,14-15,17-18,31,38H,7-9H2,1-4H3,(H2,27,35)(H,28,36)(H,29,37)/t12?,14?,15?,17?,18-,26?/m0/s1. The summed E-state index contributed by atoms with van der Waals surface area (Å²) in [6.07, 6.45) is 0.430.